The number of methoxy groups -OCH3 is 3. The van der Waals surface area contributed by atoms with Gasteiger partial charge in [-0.1, -0.05) is 12.1 Å². The molecule has 4 nitrogen and oxygen atoms in total. The Kier molecular flexibility index (Phi) is 5.42. The van der Waals surface area contributed by atoms with Crippen molar-refractivity contribution >= 4 is 17.9 Å². The monoisotopic (exact) mass is 350 g/mol. The summed E-state index contributed by atoms with van der Waals surface area (Å²) >= 11 is 0. The van der Waals surface area contributed by atoms with Crippen molar-refractivity contribution in [2.75, 3.05) is 21.3 Å². The van der Waals surface area contributed by atoms with Crippen molar-refractivity contribution in [1.29, 1.82) is 0 Å². The SMILES string of the molecule is COc1cccc(/C=C2\CC/C(=C\c3cc(OC)cc(OC)c3)C2=O)c1. The first-order valence-corrected chi connectivity index (χ1v) is 8.46. The van der Waals surface area contributed by atoms with Gasteiger partial charge in [0.15, 0.2) is 5.78 Å². The summed E-state index contributed by atoms with van der Waals surface area (Å²) in [4.78, 5) is 12.7. The summed E-state index contributed by atoms with van der Waals surface area (Å²) in [5.41, 5.74) is 3.48. The maximum atomic E-state index is 12.7. The van der Waals surface area contributed by atoms with Crippen molar-refractivity contribution in [3.05, 3.63) is 64.7 Å². The number of ether oxygens (including phenoxy) is 3. The van der Waals surface area contributed by atoms with E-state index in [-0.39, 0.29) is 5.78 Å². The lowest BCUT2D eigenvalue weighted by Gasteiger charge is -2.06. The first-order chi connectivity index (χ1) is 12.6. The van der Waals surface area contributed by atoms with Crippen molar-refractivity contribution < 1.29 is 19.0 Å². The largest absolute Gasteiger partial charge is 0.497 e. The van der Waals surface area contributed by atoms with Crippen LogP contribution in [0.15, 0.2) is 53.6 Å². The van der Waals surface area contributed by atoms with Gasteiger partial charge in [-0.2, -0.15) is 0 Å². The van der Waals surface area contributed by atoms with E-state index in [1.165, 1.54) is 0 Å². The second kappa shape index (κ2) is 7.91. The molecule has 3 rings (SSSR count). The molecule has 1 fully saturated rings. The van der Waals surface area contributed by atoms with Crippen LogP contribution in [0.1, 0.15) is 24.0 Å². The summed E-state index contributed by atoms with van der Waals surface area (Å²) in [5.74, 6) is 2.28. The number of benzene rings is 2. The molecule has 26 heavy (non-hydrogen) atoms. The van der Waals surface area contributed by atoms with Gasteiger partial charge in [0.1, 0.15) is 17.2 Å². The molecule has 1 aliphatic rings. The summed E-state index contributed by atoms with van der Waals surface area (Å²) in [6.07, 6.45) is 5.33. The highest BCUT2D eigenvalue weighted by molar-refractivity contribution is 6.15. The number of carbonyl (C=O) groups excluding carboxylic acids is 1. The maximum Gasteiger partial charge on any atom is 0.185 e. The van der Waals surface area contributed by atoms with Gasteiger partial charge in [-0.15, -0.1) is 0 Å². The lowest BCUT2D eigenvalue weighted by molar-refractivity contribution is -0.111. The Morgan fingerprint density at radius 3 is 1.85 bits per heavy atom. The van der Waals surface area contributed by atoms with Gasteiger partial charge in [0, 0.05) is 17.2 Å². The van der Waals surface area contributed by atoms with Crippen LogP contribution in [0.3, 0.4) is 0 Å². The summed E-state index contributed by atoms with van der Waals surface area (Å²) in [6, 6.07) is 13.3. The summed E-state index contributed by atoms with van der Waals surface area (Å²) in [5, 5.41) is 0. The predicted octanol–water partition coefficient (Wildman–Crippen LogP) is 4.54. The van der Waals surface area contributed by atoms with E-state index >= 15 is 0 Å². The van der Waals surface area contributed by atoms with Crippen LogP contribution >= 0.6 is 0 Å². The number of allylic oxidation sites excluding steroid dienone is 2. The molecule has 0 bridgehead atoms. The number of ketones is 1. The van der Waals surface area contributed by atoms with E-state index in [9.17, 15) is 4.79 Å². The number of hydrogen-bond acceptors (Lipinski definition) is 4. The van der Waals surface area contributed by atoms with Gasteiger partial charge >= 0.3 is 0 Å². The van der Waals surface area contributed by atoms with E-state index in [0.29, 0.717) is 11.5 Å². The molecule has 134 valence electrons. The fraction of sp³-hybridized carbons (Fsp3) is 0.227. The molecular formula is C22H22O4. The van der Waals surface area contributed by atoms with Gasteiger partial charge in [0.25, 0.3) is 0 Å². The molecule has 0 amide bonds. The quantitative estimate of drug-likeness (QED) is 0.743. The van der Waals surface area contributed by atoms with Crippen LogP contribution in [-0.2, 0) is 4.79 Å². The average molecular weight is 350 g/mol. The Labute approximate surface area is 153 Å². The lowest BCUT2D eigenvalue weighted by Crippen LogP contribution is -1.96. The number of carbonyl (C=O) groups is 1. The van der Waals surface area contributed by atoms with Crippen molar-refractivity contribution in [2.45, 2.75) is 12.8 Å². The molecule has 1 aliphatic carbocycles. The molecule has 0 radical (unpaired) electrons. The van der Waals surface area contributed by atoms with Crippen molar-refractivity contribution in [3.8, 4) is 17.2 Å². The fourth-order valence-electron chi connectivity index (χ4n) is 3.02. The average Bonchev–Trinajstić information content (AvgIpc) is 3.01. The standard InChI is InChI=1S/C22H22O4/c1-24-19-6-4-5-15(11-19)9-17-7-8-18(22(17)23)10-16-12-20(25-2)14-21(13-16)26-3/h4-6,9-14H,7-8H2,1-3H3/b17-9+,18-10+. The van der Waals surface area contributed by atoms with Crippen molar-refractivity contribution in [3.63, 3.8) is 0 Å². The summed E-state index contributed by atoms with van der Waals surface area (Å²) in [6.45, 7) is 0. The molecule has 0 saturated heterocycles. The number of Topliss-reactive ketones (excluding diaryl/α,β-unsaturated/α-hetero) is 1. The van der Waals surface area contributed by atoms with Gasteiger partial charge in [-0.05, 0) is 60.4 Å². The zero-order valence-electron chi connectivity index (χ0n) is 15.2. The number of hydrogen-bond donors (Lipinski definition) is 0. The number of rotatable bonds is 5. The van der Waals surface area contributed by atoms with Gasteiger partial charge < -0.3 is 14.2 Å². The minimum Gasteiger partial charge on any atom is -0.497 e. The summed E-state index contributed by atoms with van der Waals surface area (Å²) in [7, 11) is 4.86. The van der Waals surface area contributed by atoms with E-state index < -0.39 is 0 Å². The van der Waals surface area contributed by atoms with Gasteiger partial charge in [-0.25, -0.2) is 0 Å². The minimum atomic E-state index is 0.0922. The highest BCUT2D eigenvalue weighted by Crippen LogP contribution is 2.31. The van der Waals surface area contributed by atoms with Gasteiger partial charge in [-0.3, -0.25) is 4.79 Å². The Morgan fingerprint density at radius 1 is 0.731 bits per heavy atom. The summed E-state index contributed by atoms with van der Waals surface area (Å²) < 4.78 is 15.8. The molecule has 2 aromatic rings. The molecule has 4 heteroatoms. The highest BCUT2D eigenvalue weighted by atomic mass is 16.5. The second-order valence-electron chi connectivity index (χ2n) is 6.09. The first kappa shape index (κ1) is 17.8. The molecule has 1 saturated carbocycles. The first-order valence-electron chi connectivity index (χ1n) is 8.46. The van der Waals surface area contributed by atoms with Crippen LogP contribution in [0.4, 0.5) is 0 Å². The van der Waals surface area contributed by atoms with E-state index in [2.05, 4.69) is 0 Å². The Hall–Kier alpha value is -3.01. The Morgan fingerprint density at radius 2 is 1.27 bits per heavy atom. The van der Waals surface area contributed by atoms with E-state index in [1.54, 1.807) is 21.3 Å². The van der Waals surface area contributed by atoms with Gasteiger partial charge in [0.05, 0.1) is 21.3 Å². The molecule has 2 aromatic carbocycles. The molecule has 0 aromatic heterocycles. The lowest BCUT2D eigenvalue weighted by atomic mass is 10.1. The molecule has 0 heterocycles. The highest BCUT2D eigenvalue weighted by Gasteiger charge is 2.23. The zero-order valence-corrected chi connectivity index (χ0v) is 15.2. The molecule has 0 aliphatic heterocycles. The maximum absolute atomic E-state index is 12.7. The van der Waals surface area contributed by atoms with Gasteiger partial charge in [0.2, 0.25) is 0 Å². The van der Waals surface area contributed by atoms with Crippen LogP contribution in [-0.4, -0.2) is 27.1 Å². The Balaban J connectivity index is 1.86. The third-order valence-electron chi connectivity index (χ3n) is 4.40. The molecule has 0 atom stereocenters. The van der Waals surface area contributed by atoms with Crippen molar-refractivity contribution in [2.24, 2.45) is 0 Å². The van der Waals surface area contributed by atoms with Crippen LogP contribution in [0.5, 0.6) is 17.2 Å². The smallest absolute Gasteiger partial charge is 0.185 e. The molecular weight excluding hydrogens is 328 g/mol. The minimum absolute atomic E-state index is 0.0922. The third-order valence-corrected chi connectivity index (χ3v) is 4.40. The van der Waals surface area contributed by atoms with Crippen LogP contribution < -0.4 is 14.2 Å². The van der Waals surface area contributed by atoms with E-state index in [0.717, 1.165) is 40.9 Å². The molecule has 0 N–H and O–H groups in total. The van der Waals surface area contributed by atoms with Crippen LogP contribution in [0, 0.1) is 0 Å². The fourth-order valence-corrected chi connectivity index (χ4v) is 3.02. The third kappa shape index (κ3) is 3.97. The van der Waals surface area contributed by atoms with E-state index in [4.69, 9.17) is 14.2 Å². The molecule has 0 unspecified atom stereocenters. The predicted molar refractivity (Wildman–Crippen MR) is 103 cm³/mol. The zero-order chi connectivity index (χ0) is 18.5. The molecule has 0 spiro atoms. The van der Waals surface area contributed by atoms with Crippen molar-refractivity contribution in [1.82, 2.24) is 0 Å². The van der Waals surface area contributed by atoms with Crippen LogP contribution in [0.2, 0.25) is 0 Å². The topological polar surface area (TPSA) is 44.8 Å². The van der Waals surface area contributed by atoms with Crippen LogP contribution in [0.25, 0.3) is 12.2 Å². The van der Waals surface area contributed by atoms with E-state index in [1.807, 2.05) is 54.6 Å². The normalized spacial score (nSPS) is 17.0. The second-order valence-corrected chi connectivity index (χ2v) is 6.09. The Bertz CT molecular complexity index is 855.